The van der Waals surface area contributed by atoms with Gasteiger partial charge in [0.1, 0.15) is 16.9 Å². The molecule has 1 aliphatic carbocycles. The van der Waals surface area contributed by atoms with Crippen molar-refractivity contribution >= 4 is 22.8 Å². The Hall–Kier alpha value is -1.30. The molecule has 1 aliphatic rings. The predicted octanol–water partition coefficient (Wildman–Crippen LogP) is 4.09. The maximum atomic E-state index is 13.4. The Labute approximate surface area is 118 Å². The van der Waals surface area contributed by atoms with Crippen molar-refractivity contribution in [1.82, 2.24) is 14.5 Å². The number of hydrogen-bond donors (Lipinski definition) is 0. The monoisotopic (exact) mass is 303 g/mol. The summed E-state index contributed by atoms with van der Waals surface area (Å²) in [6.07, 6.45) is -2.72. The molecule has 0 saturated heterocycles. The first-order valence-corrected chi connectivity index (χ1v) is 6.77. The molecule has 1 unspecified atom stereocenters. The Kier molecular flexibility index (Phi) is 2.80. The van der Waals surface area contributed by atoms with Gasteiger partial charge in [0.05, 0.1) is 5.38 Å². The lowest BCUT2D eigenvalue weighted by Crippen LogP contribution is -2.36. The van der Waals surface area contributed by atoms with Gasteiger partial charge in [-0.3, -0.25) is 4.57 Å². The third kappa shape index (κ3) is 1.74. The molecule has 3 rings (SSSR count). The van der Waals surface area contributed by atoms with E-state index in [-0.39, 0.29) is 24.3 Å². The van der Waals surface area contributed by atoms with Crippen LogP contribution < -0.4 is 0 Å². The molecule has 7 heteroatoms. The number of pyridine rings is 1. The highest BCUT2D eigenvalue weighted by atomic mass is 35.5. The van der Waals surface area contributed by atoms with Crippen LogP contribution in [0.4, 0.5) is 13.2 Å². The van der Waals surface area contributed by atoms with Gasteiger partial charge < -0.3 is 0 Å². The third-order valence-electron chi connectivity index (χ3n) is 3.81. The van der Waals surface area contributed by atoms with E-state index in [0.29, 0.717) is 5.52 Å². The highest BCUT2D eigenvalue weighted by Gasteiger charge is 2.66. The third-order valence-corrected chi connectivity index (χ3v) is 4.00. The molecule has 0 aliphatic heterocycles. The summed E-state index contributed by atoms with van der Waals surface area (Å²) in [5.74, 6) is 0.235. The molecule has 0 radical (unpaired) electrons. The van der Waals surface area contributed by atoms with Crippen LogP contribution in [-0.4, -0.2) is 20.7 Å². The highest BCUT2D eigenvalue weighted by molar-refractivity contribution is 6.20. The molecule has 0 aromatic carbocycles. The highest BCUT2D eigenvalue weighted by Crippen LogP contribution is 2.57. The van der Waals surface area contributed by atoms with Crippen LogP contribution in [0.1, 0.15) is 36.5 Å². The van der Waals surface area contributed by atoms with E-state index >= 15 is 0 Å². The maximum absolute atomic E-state index is 13.4. The van der Waals surface area contributed by atoms with Crippen LogP contribution in [-0.2, 0) is 5.54 Å². The number of halogens is 4. The molecule has 1 fully saturated rings. The minimum atomic E-state index is -4.33. The maximum Gasteiger partial charge on any atom is 0.412 e. The molecule has 1 saturated carbocycles. The van der Waals surface area contributed by atoms with Crippen molar-refractivity contribution < 1.29 is 13.2 Å². The summed E-state index contributed by atoms with van der Waals surface area (Å²) in [4.78, 5) is 8.41. The van der Waals surface area contributed by atoms with Gasteiger partial charge in [0.25, 0.3) is 0 Å². The van der Waals surface area contributed by atoms with Gasteiger partial charge in [0.2, 0.25) is 0 Å². The second kappa shape index (κ2) is 4.10. The van der Waals surface area contributed by atoms with Gasteiger partial charge in [-0.15, -0.1) is 11.6 Å². The van der Waals surface area contributed by atoms with Crippen LogP contribution >= 0.6 is 11.6 Å². The fraction of sp³-hybridized carbons (Fsp3) is 0.538. The van der Waals surface area contributed by atoms with Gasteiger partial charge in [-0.25, -0.2) is 9.97 Å². The van der Waals surface area contributed by atoms with Crippen molar-refractivity contribution in [2.24, 2.45) is 0 Å². The average Bonchev–Trinajstić information content (AvgIpc) is 3.04. The molecular weight excluding hydrogens is 291 g/mol. The lowest BCUT2D eigenvalue weighted by molar-refractivity contribution is -0.179. The summed E-state index contributed by atoms with van der Waals surface area (Å²) < 4.78 is 41.4. The van der Waals surface area contributed by atoms with Crippen LogP contribution in [0.3, 0.4) is 0 Å². The molecule has 3 nitrogen and oxygen atoms in total. The minimum Gasteiger partial charge on any atom is -0.296 e. The summed E-state index contributed by atoms with van der Waals surface area (Å²) in [6, 6.07) is 1.73. The number of aryl methyl sites for hydroxylation is 1. The molecule has 2 aromatic rings. The molecule has 20 heavy (non-hydrogen) atoms. The zero-order chi connectivity index (χ0) is 14.7. The predicted molar refractivity (Wildman–Crippen MR) is 69.8 cm³/mol. The first kappa shape index (κ1) is 13.7. The molecule has 0 N–H and O–H groups in total. The van der Waals surface area contributed by atoms with Gasteiger partial charge in [0.15, 0.2) is 5.65 Å². The fourth-order valence-corrected chi connectivity index (χ4v) is 2.70. The first-order chi connectivity index (χ1) is 9.28. The van der Waals surface area contributed by atoms with Crippen molar-refractivity contribution in [1.29, 1.82) is 0 Å². The molecule has 2 heterocycles. The Bertz CT molecular complexity index is 671. The summed E-state index contributed by atoms with van der Waals surface area (Å²) in [5.41, 5.74) is -0.334. The minimum absolute atomic E-state index is 0.0498. The Balaban J connectivity index is 2.34. The second-order valence-electron chi connectivity index (χ2n) is 5.25. The normalized spacial score (nSPS) is 19.3. The van der Waals surface area contributed by atoms with E-state index in [1.54, 1.807) is 19.9 Å². The second-order valence-corrected chi connectivity index (χ2v) is 5.91. The van der Waals surface area contributed by atoms with E-state index in [9.17, 15) is 13.2 Å². The van der Waals surface area contributed by atoms with E-state index in [1.807, 2.05) is 0 Å². The topological polar surface area (TPSA) is 30.7 Å². The standard InChI is InChI=1S/C13H13ClF3N3/c1-7-3-6-18-11-9(7)19-10(8(2)14)20(11)12(4-5-12)13(15,16)17/h3,6,8H,4-5H2,1-2H3. The van der Waals surface area contributed by atoms with E-state index in [4.69, 9.17) is 11.6 Å². The van der Waals surface area contributed by atoms with Gasteiger partial charge in [0, 0.05) is 6.20 Å². The number of nitrogens with zero attached hydrogens (tertiary/aromatic N) is 3. The molecule has 108 valence electrons. The fourth-order valence-electron chi connectivity index (χ4n) is 2.55. The lowest BCUT2D eigenvalue weighted by Gasteiger charge is -2.24. The quantitative estimate of drug-likeness (QED) is 0.782. The number of fused-ring (bicyclic) bond motifs is 1. The zero-order valence-corrected chi connectivity index (χ0v) is 11.8. The van der Waals surface area contributed by atoms with Crippen molar-refractivity contribution in [2.45, 2.75) is 43.8 Å². The molecular formula is C13H13ClF3N3. The van der Waals surface area contributed by atoms with Crippen molar-refractivity contribution in [3.63, 3.8) is 0 Å². The zero-order valence-electron chi connectivity index (χ0n) is 11.0. The van der Waals surface area contributed by atoms with Crippen LogP contribution in [0.5, 0.6) is 0 Å². The number of alkyl halides is 4. The Morgan fingerprint density at radius 2 is 2.05 bits per heavy atom. The summed E-state index contributed by atoms with van der Waals surface area (Å²) in [6.45, 7) is 3.43. The molecule has 0 bridgehead atoms. The lowest BCUT2D eigenvalue weighted by atomic mass is 10.2. The van der Waals surface area contributed by atoms with Gasteiger partial charge in [-0.1, -0.05) is 0 Å². The van der Waals surface area contributed by atoms with E-state index in [2.05, 4.69) is 9.97 Å². The van der Waals surface area contributed by atoms with Crippen LogP contribution in [0.25, 0.3) is 11.2 Å². The number of imidazole rings is 1. The van der Waals surface area contributed by atoms with Crippen molar-refractivity contribution in [3.8, 4) is 0 Å². The van der Waals surface area contributed by atoms with Crippen LogP contribution in [0.15, 0.2) is 12.3 Å². The van der Waals surface area contributed by atoms with Gasteiger partial charge in [-0.05, 0) is 38.3 Å². The summed E-state index contributed by atoms with van der Waals surface area (Å²) in [5, 5.41) is -0.608. The van der Waals surface area contributed by atoms with Gasteiger partial charge >= 0.3 is 6.18 Å². The Morgan fingerprint density at radius 1 is 1.40 bits per heavy atom. The number of rotatable bonds is 2. The Morgan fingerprint density at radius 3 is 2.55 bits per heavy atom. The molecule has 1 atom stereocenters. The van der Waals surface area contributed by atoms with Crippen molar-refractivity contribution in [3.05, 3.63) is 23.7 Å². The molecule has 2 aromatic heterocycles. The van der Waals surface area contributed by atoms with E-state index < -0.39 is 17.1 Å². The SMILES string of the molecule is Cc1ccnc2c1nc(C(C)Cl)n2C1(C(F)(F)F)CC1. The number of aromatic nitrogens is 3. The van der Waals surface area contributed by atoms with E-state index in [0.717, 1.165) is 5.56 Å². The molecule has 0 amide bonds. The van der Waals surface area contributed by atoms with Crippen LogP contribution in [0, 0.1) is 6.92 Å². The average molecular weight is 304 g/mol. The van der Waals surface area contributed by atoms with Gasteiger partial charge in [-0.2, -0.15) is 13.2 Å². The summed E-state index contributed by atoms with van der Waals surface area (Å²) in [7, 11) is 0. The number of hydrogen-bond acceptors (Lipinski definition) is 2. The smallest absolute Gasteiger partial charge is 0.296 e. The largest absolute Gasteiger partial charge is 0.412 e. The molecule has 0 spiro atoms. The van der Waals surface area contributed by atoms with E-state index in [1.165, 1.54) is 10.8 Å². The first-order valence-electron chi connectivity index (χ1n) is 6.33. The van der Waals surface area contributed by atoms with Crippen LogP contribution in [0.2, 0.25) is 0 Å². The van der Waals surface area contributed by atoms with Crippen molar-refractivity contribution in [2.75, 3.05) is 0 Å². The summed E-state index contributed by atoms with van der Waals surface area (Å²) >= 11 is 6.04.